The van der Waals surface area contributed by atoms with E-state index in [1.807, 2.05) is 4.90 Å². The molecule has 2 N–H and O–H groups in total. The van der Waals surface area contributed by atoms with Crippen LogP contribution in [-0.2, 0) is 23.9 Å². The summed E-state index contributed by atoms with van der Waals surface area (Å²) in [6, 6.07) is 0. The molecule has 24 heavy (non-hydrogen) atoms. The highest BCUT2D eigenvalue weighted by Gasteiger charge is 2.33. The van der Waals surface area contributed by atoms with E-state index in [0.29, 0.717) is 32.8 Å². The van der Waals surface area contributed by atoms with E-state index in [4.69, 9.17) is 9.47 Å². The number of hydrogen-bond donors (Lipinski definition) is 2. The molecule has 0 amide bonds. The Morgan fingerprint density at radius 3 is 2.33 bits per heavy atom. The first-order chi connectivity index (χ1) is 11.5. The molecule has 0 aromatic rings. The molecule has 0 unspecified atom stereocenters. The molecule has 0 radical (unpaired) electrons. The number of rotatable bonds is 2. The summed E-state index contributed by atoms with van der Waals surface area (Å²) in [5.41, 5.74) is -0.267. The van der Waals surface area contributed by atoms with Crippen LogP contribution in [0.3, 0.4) is 0 Å². The molecule has 0 saturated carbocycles. The highest BCUT2D eigenvalue weighted by Crippen LogP contribution is 2.25. The van der Waals surface area contributed by atoms with Crippen molar-refractivity contribution in [2.75, 3.05) is 32.8 Å². The SMILES string of the molecule is O=C1C=C(CN2CCOCC2)O/C(=C2/C=C(O)C(O)=CC2=O)C1=O. The molecule has 0 spiro atoms. The van der Waals surface area contributed by atoms with Crippen molar-refractivity contribution in [3.05, 3.63) is 46.8 Å². The number of ether oxygens (including phenoxy) is 2. The molecule has 2 aliphatic heterocycles. The number of hydrogen-bond acceptors (Lipinski definition) is 8. The average molecular weight is 333 g/mol. The fourth-order valence-corrected chi connectivity index (χ4v) is 2.50. The van der Waals surface area contributed by atoms with Gasteiger partial charge in [-0.3, -0.25) is 19.3 Å². The van der Waals surface area contributed by atoms with Gasteiger partial charge in [0.25, 0.3) is 5.78 Å². The summed E-state index contributed by atoms with van der Waals surface area (Å²) in [5.74, 6) is -3.88. The standard InChI is InChI=1S/C16H15NO7/c18-11-7-13(20)12(19)6-10(11)16-15(22)14(21)5-9(24-16)8-17-1-3-23-4-2-17/h5-7,19-20H,1-4,8H2/b16-10-. The third-order valence-electron chi connectivity index (χ3n) is 3.76. The van der Waals surface area contributed by atoms with E-state index in [-0.39, 0.29) is 11.3 Å². The number of carbonyl (C=O) groups is 3. The van der Waals surface area contributed by atoms with Crippen molar-refractivity contribution in [2.45, 2.75) is 0 Å². The minimum absolute atomic E-state index is 0.239. The van der Waals surface area contributed by atoms with Gasteiger partial charge in [-0.1, -0.05) is 0 Å². The minimum Gasteiger partial charge on any atom is -0.504 e. The Labute approximate surface area is 136 Å². The number of Topliss-reactive ketones (excluding diaryl/α,β-unsaturated/α-hetero) is 1. The molecule has 126 valence electrons. The summed E-state index contributed by atoms with van der Waals surface area (Å²) in [5, 5.41) is 18.9. The zero-order valence-electron chi connectivity index (χ0n) is 12.7. The molecule has 0 atom stereocenters. The van der Waals surface area contributed by atoms with Gasteiger partial charge in [-0.25, -0.2) is 0 Å². The van der Waals surface area contributed by atoms with Crippen molar-refractivity contribution < 1.29 is 34.1 Å². The third kappa shape index (κ3) is 3.15. The van der Waals surface area contributed by atoms with Crippen LogP contribution in [0.5, 0.6) is 0 Å². The van der Waals surface area contributed by atoms with Crippen LogP contribution in [0.1, 0.15) is 0 Å². The van der Waals surface area contributed by atoms with Crippen LogP contribution in [0.4, 0.5) is 0 Å². The molecule has 1 saturated heterocycles. The Balaban J connectivity index is 1.88. The Morgan fingerprint density at radius 1 is 0.958 bits per heavy atom. The van der Waals surface area contributed by atoms with Crippen LogP contribution in [0, 0.1) is 0 Å². The van der Waals surface area contributed by atoms with Gasteiger partial charge in [-0.2, -0.15) is 0 Å². The van der Waals surface area contributed by atoms with Gasteiger partial charge in [0.1, 0.15) is 5.76 Å². The molecule has 3 rings (SSSR count). The summed E-state index contributed by atoms with van der Waals surface area (Å²) in [6.07, 6.45) is 2.78. The molecule has 8 heteroatoms. The summed E-state index contributed by atoms with van der Waals surface area (Å²) in [4.78, 5) is 37.9. The predicted octanol–water partition coefficient (Wildman–Crippen LogP) is 0.0915. The van der Waals surface area contributed by atoms with E-state index in [1.165, 1.54) is 0 Å². The number of ketones is 3. The minimum atomic E-state index is -0.970. The van der Waals surface area contributed by atoms with Gasteiger partial charge in [-0.05, 0) is 6.08 Å². The smallest absolute Gasteiger partial charge is 0.268 e. The number of carbonyl (C=O) groups excluding carboxylic acids is 3. The quantitative estimate of drug-likeness (QED) is 0.540. The van der Waals surface area contributed by atoms with Gasteiger partial charge < -0.3 is 19.7 Å². The Kier molecular flexibility index (Phi) is 4.32. The first kappa shape index (κ1) is 16.2. The lowest BCUT2D eigenvalue weighted by Gasteiger charge is -2.28. The lowest BCUT2D eigenvalue weighted by atomic mass is 9.98. The fraction of sp³-hybridized carbons (Fsp3) is 0.312. The van der Waals surface area contributed by atoms with Crippen LogP contribution in [0.2, 0.25) is 0 Å². The molecule has 0 aromatic carbocycles. The molecular weight excluding hydrogens is 318 g/mol. The number of aliphatic hydroxyl groups excluding tert-OH is 2. The van der Waals surface area contributed by atoms with Crippen LogP contribution < -0.4 is 0 Å². The van der Waals surface area contributed by atoms with Crippen LogP contribution in [0.15, 0.2) is 46.8 Å². The van der Waals surface area contributed by atoms with Gasteiger partial charge in [0.15, 0.2) is 23.1 Å². The van der Waals surface area contributed by atoms with Crippen LogP contribution in [0.25, 0.3) is 0 Å². The maximum Gasteiger partial charge on any atom is 0.268 e. The van der Waals surface area contributed by atoms with E-state index in [1.54, 1.807) is 0 Å². The molecule has 1 fully saturated rings. The third-order valence-corrected chi connectivity index (χ3v) is 3.76. The first-order valence-electron chi connectivity index (χ1n) is 7.33. The number of morpholine rings is 1. The van der Waals surface area contributed by atoms with Crippen molar-refractivity contribution in [2.24, 2.45) is 0 Å². The lowest BCUT2D eigenvalue weighted by molar-refractivity contribution is -0.134. The zero-order valence-corrected chi connectivity index (χ0v) is 12.7. The predicted molar refractivity (Wildman–Crippen MR) is 79.9 cm³/mol. The average Bonchev–Trinajstić information content (AvgIpc) is 2.55. The Hall–Kier alpha value is -2.71. The normalized spacial score (nSPS) is 25.8. The van der Waals surface area contributed by atoms with Gasteiger partial charge in [0.2, 0.25) is 5.78 Å². The van der Waals surface area contributed by atoms with E-state index in [0.717, 1.165) is 18.2 Å². The molecule has 8 nitrogen and oxygen atoms in total. The second kappa shape index (κ2) is 6.42. The Morgan fingerprint density at radius 2 is 1.62 bits per heavy atom. The van der Waals surface area contributed by atoms with Gasteiger partial charge in [0, 0.05) is 25.2 Å². The molecule has 3 aliphatic rings. The van der Waals surface area contributed by atoms with Crippen molar-refractivity contribution >= 4 is 17.3 Å². The second-order valence-electron chi connectivity index (χ2n) is 5.46. The maximum atomic E-state index is 12.0. The van der Waals surface area contributed by atoms with Crippen LogP contribution in [-0.4, -0.2) is 65.3 Å². The summed E-state index contributed by atoms with van der Waals surface area (Å²) in [6.45, 7) is 2.74. The molecule has 0 aromatic heterocycles. The fourth-order valence-electron chi connectivity index (χ4n) is 2.50. The van der Waals surface area contributed by atoms with Gasteiger partial charge >= 0.3 is 0 Å². The van der Waals surface area contributed by atoms with Crippen molar-refractivity contribution in [1.29, 1.82) is 0 Å². The largest absolute Gasteiger partial charge is 0.504 e. The lowest BCUT2D eigenvalue weighted by Crippen LogP contribution is -2.39. The molecular formula is C16H15NO7. The monoisotopic (exact) mass is 333 g/mol. The first-order valence-corrected chi connectivity index (χ1v) is 7.33. The Bertz CT molecular complexity index is 736. The number of allylic oxidation sites excluding steroid dienone is 5. The van der Waals surface area contributed by atoms with E-state index in [9.17, 15) is 24.6 Å². The van der Waals surface area contributed by atoms with Gasteiger partial charge in [-0.15, -0.1) is 0 Å². The zero-order chi connectivity index (χ0) is 17.3. The van der Waals surface area contributed by atoms with Gasteiger partial charge in [0.05, 0.1) is 25.3 Å². The highest BCUT2D eigenvalue weighted by atomic mass is 16.5. The van der Waals surface area contributed by atoms with E-state index in [2.05, 4.69) is 0 Å². The number of aliphatic hydroxyl groups is 2. The van der Waals surface area contributed by atoms with Crippen molar-refractivity contribution in [1.82, 2.24) is 4.90 Å². The van der Waals surface area contributed by atoms with E-state index < -0.39 is 34.6 Å². The highest BCUT2D eigenvalue weighted by molar-refractivity contribution is 6.48. The van der Waals surface area contributed by atoms with Crippen molar-refractivity contribution in [3.8, 4) is 0 Å². The maximum absolute atomic E-state index is 12.0. The number of nitrogens with zero attached hydrogens (tertiary/aromatic N) is 1. The van der Waals surface area contributed by atoms with Crippen molar-refractivity contribution in [3.63, 3.8) is 0 Å². The topological polar surface area (TPSA) is 113 Å². The summed E-state index contributed by atoms with van der Waals surface area (Å²) < 4.78 is 10.7. The molecule has 0 bridgehead atoms. The van der Waals surface area contributed by atoms with Crippen LogP contribution >= 0.6 is 0 Å². The second-order valence-corrected chi connectivity index (χ2v) is 5.46. The summed E-state index contributed by atoms with van der Waals surface area (Å²) in [7, 11) is 0. The van der Waals surface area contributed by atoms with E-state index >= 15 is 0 Å². The summed E-state index contributed by atoms with van der Waals surface area (Å²) >= 11 is 0. The molecule has 1 aliphatic carbocycles. The molecule has 2 heterocycles.